The van der Waals surface area contributed by atoms with Gasteiger partial charge in [-0.15, -0.1) is 0 Å². The molecule has 16 bridgehead atoms. The zero-order chi connectivity index (χ0) is 71.0. The first-order chi connectivity index (χ1) is 44.3. The van der Waals surface area contributed by atoms with Crippen molar-refractivity contribution in [3.63, 3.8) is 0 Å². The van der Waals surface area contributed by atoms with E-state index >= 15 is 0 Å². The Labute approximate surface area is 568 Å². The van der Waals surface area contributed by atoms with Gasteiger partial charge in [-0.25, -0.2) is 9.59 Å². The van der Waals surface area contributed by atoms with Gasteiger partial charge >= 0.3 is 11.9 Å². The first-order valence-electron chi connectivity index (χ1n) is 33.3. The molecule has 0 aromatic heterocycles. The second kappa shape index (κ2) is 25.9. The molecule has 12 nitrogen and oxygen atoms in total. The molecular weight excluding hydrogens is 1200 g/mol. The number of aromatic hydroxyl groups is 8. The summed E-state index contributed by atoms with van der Waals surface area (Å²) in [5.74, 6) is -1.89. The van der Waals surface area contributed by atoms with Crippen molar-refractivity contribution in [1.82, 2.24) is 0 Å². The third kappa shape index (κ3) is 15.2. The summed E-state index contributed by atoms with van der Waals surface area (Å²) in [6.45, 7) is 37.3. The van der Waals surface area contributed by atoms with Gasteiger partial charge < -0.3 is 50.3 Å². The van der Waals surface area contributed by atoms with E-state index in [2.05, 4.69) is 125 Å². The average molecular weight is 1300 g/mol. The third-order valence-corrected chi connectivity index (χ3v) is 19.2. The molecule has 0 unspecified atom stereocenters. The fraction of sp³-hybridized carbons (Fsp3) is 0.405. The lowest BCUT2D eigenvalue weighted by molar-refractivity contribution is 0.0591. The van der Waals surface area contributed by atoms with Gasteiger partial charge in [-0.3, -0.25) is 0 Å². The van der Waals surface area contributed by atoms with Gasteiger partial charge in [0.25, 0.3) is 0 Å². The second-order valence-corrected chi connectivity index (χ2v) is 33.0. The summed E-state index contributed by atoms with van der Waals surface area (Å²) < 4.78 is 10.6. The number of phenols is 8. The molecule has 1 aliphatic rings. The zero-order valence-electron chi connectivity index (χ0n) is 60.1. The van der Waals surface area contributed by atoms with Gasteiger partial charge in [0, 0.05) is 51.4 Å². The lowest BCUT2D eigenvalue weighted by Gasteiger charge is -2.26. The van der Waals surface area contributed by atoms with Gasteiger partial charge in [0.15, 0.2) is 0 Å². The van der Waals surface area contributed by atoms with E-state index in [1.165, 1.54) is 14.2 Å². The van der Waals surface area contributed by atoms with Gasteiger partial charge in [0.05, 0.1) is 25.3 Å². The van der Waals surface area contributed by atoms with Crippen molar-refractivity contribution >= 4 is 11.9 Å². The number of hydrogen-bond donors (Lipinski definition) is 8. The van der Waals surface area contributed by atoms with Crippen molar-refractivity contribution in [2.45, 2.75) is 208 Å². The minimum atomic E-state index is -0.648. The number of hydrogen-bond acceptors (Lipinski definition) is 12. The molecule has 0 aliphatic heterocycles. The van der Waals surface area contributed by atoms with E-state index in [1.807, 2.05) is 72.8 Å². The zero-order valence-corrected chi connectivity index (χ0v) is 60.1. The Bertz CT molecular complexity index is 3870. The summed E-state index contributed by atoms with van der Waals surface area (Å²) in [5.41, 5.74) is 10.2. The number of methoxy groups -OCH3 is 2. The van der Waals surface area contributed by atoms with Crippen LogP contribution in [0.5, 0.6) is 46.0 Å². The number of benzene rings is 8. The molecule has 0 amide bonds. The number of fused-ring (bicyclic) bond motifs is 16. The highest BCUT2D eigenvalue weighted by Gasteiger charge is 2.31. The molecule has 0 atom stereocenters. The Balaban J connectivity index is 1.34. The molecule has 0 saturated heterocycles. The Kier molecular flexibility index (Phi) is 19.3. The van der Waals surface area contributed by atoms with Gasteiger partial charge in [0.2, 0.25) is 0 Å². The van der Waals surface area contributed by atoms with Crippen LogP contribution in [-0.2, 0) is 93.3 Å². The fourth-order valence-electron chi connectivity index (χ4n) is 12.9. The molecule has 0 saturated carbocycles. The first kappa shape index (κ1) is 71.4. The second-order valence-electron chi connectivity index (χ2n) is 33.0. The Hall–Kier alpha value is -8.90. The maximum Gasteiger partial charge on any atom is 0.337 e. The van der Waals surface area contributed by atoms with E-state index < -0.39 is 44.4 Å². The van der Waals surface area contributed by atoms with Gasteiger partial charge in [-0.2, -0.15) is 0 Å². The van der Waals surface area contributed by atoms with Crippen molar-refractivity contribution in [2.75, 3.05) is 14.2 Å². The SMILES string of the molecule is COC(=O)c1cc2c(O)c(c1)Cc1cc(C(C)(C)C)cc(c1O)Cc1cc(C(C)(C)C)cc(c1O)Cc1cc(C(C)(C)C)cc(c1O)Cc1cc(C(=O)OC)cc(c1O)Cc1cc(C(C)(C)C)cc(c1O)Cc1cc(C(C)(C)C)cc(c1O)Cc1cc(C(C)(C)C)cc(c1O)C2. The van der Waals surface area contributed by atoms with Crippen LogP contribution in [0.1, 0.15) is 268 Å². The van der Waals surface area contributed by atoms with Crippen LogP contribution in [0.4, 0.5) is 0 Å². The lowest BCUT2D eigenvalue weighted by atomic mass is 9.80. The van der Waals surface area contributed by atoms with Gasteiger partial charge in [0.1, 0.15) is 46.0 Å². The number of ether oxygens (including phenoxy) is 2. The van der Waals surface area contributed by atoms with Crippen LogP contribution in [0.25, 0.3) is 0 Å². The van der Waals surface area contributed by atoms with Crippen LogP contribution >= 0.6 is 0 Å². The smallest absolute Gasteiger partial charge is 0.337 e. The molecule has 8 aromatic carbocycles. The number of carbonyl (C=O) groups excluding carboxylic acids is 2. The lowest BCUT2D eigenvalue weighted by Crippen LogP contribution is -2.15. The number of phenolic OH excluding ortho intramolecular Hbond substituents is 8. The highest BCUT2D eigenvalue weighted by Crippen LogP contribution is 2.46. The predicted octanol–water partition coefficient (Wildman–Crippen LogP) is 17.7. The molecule has 8 N–H and O–H groups in total. The van der Waals surface area contributed by atoms with E-state index in [4.69, 9.17) is 9.47 Å². The van der Waals surface area contributed by atoms with Crippen LogP contribution in [0, 0.1) is 0 Å². The molecule has 9 rings (SSSR count). The molecule has 96 heavy (non-hydrogen) atoms. The van der Waals surface area contributed by atoms with Crippen LogP contribution in [0.3, 0.4) is 0 Å². The Morgan fingerprint density at radius 1 is 0.229 bits per heavy atom. The molecule has 1 aliphatic carbocycles. The average Bonchev–Trinajstić information content (AvgIpc) is 0.785. The van der Waals surface area contributed by atoms with Crippen LogP contribution < -0.4 is 0 Å². The molecule has 8 aromatic rings. The third-order valence-electron chi connectivity index (χ3n) is 19.2. The Morgan fingerprint density at radius 3 is 0.427 bits per heavy atom. The van der Waals surface area contributed by atoms with E-state index in [1.54, 1.807) is 24.3 Å². The van der Waals surface area contributed by atoms with Crippen molar-refractivity contribution < 1.29 is 59.9 Å². The largest absolute Gasteiger partial charge is 0.507 e. The fourth-order valence-corrected chi connectivity index (χ4v) is 12.9. The van der Waals surface area contributed by atoms with E-state index in [0.29, 0.717) is 89.0 Å². The monoisotopic (exact) mass is 1300 g/mol. The number of esters is 2. The Morgan fingerprint density at radius 2 is 0.333 bits per heavy atom. The van der Waals surface area contributed by atoms with E-state index in [-0.39, 0.29) is 108 Å². The molecular formula is C84H100O12. The van der Waals surface area contributed by atoms with Crippen molar-refractivity contribution in [3.8, 4) is 46.0 Å². The van der Waals surface area contributed by atoms with E-state index in [9.17, 15) is 50.4 Å². The topological polar surface area (TPSA) is 214 Å². The summed E-state index contributed by atoms with van der Waals surface area (Å²) in [6.07, 6.45) is 0.172. The van der Waals surface area contributed by atoms with Crippen LogP contribution in [0.2, 0.25) is 0 Å². The summed E-state index contributed by atoms with van der Waals surface area (Å²) in [7, 11) is 2.57. The van der Waals surface area contributed by atoms with E-state index in [0.717, 1.165) is 33.4 Å². The normalized spacial score (nSPS) is 13.7. The van der Waals surface area contributed by atoms with Crippen molar-refractivity contribution in [1.29, 1.82) is 0 Å². The highest BCUT2D eigenvalue weighted by atomic mass is 16.5. The standard InChI is InChI=1S/C84H100O12/c1-79(2,3)63-33-49-21-45-29-61(77(93)95-19)30-46(69(45)85)22-50-34-64(80(4,5)6)39-55(72(50)88)27-59-43-68(84(16,17)18)44-60(76(59)92)28-56-40-66(82(10,11)12)36-52(74(56)90)24-48-32-62(78(94)96-20)31-47(70(48)86)23-51-35-65(81(7,8)9)38-54(73(51)89)26-58-42-67(83(13,14)15)41-57(75(58)91)25-53(37-63)71(49)87/h29-44,85-92H,21-28H2,1-20H3. The maximum atomic E-state index is 13.7. The predicted molar refractivity (Wildman–Crippen MR) is 382 cm³/mol. The van der Waals surface area contributed by atoms with Gasteiger partial charge in [-0.05, 0) is 179 Å². The quantitative estimate of drug-likeness (QED) is 0.0759. The number of rotatable bonds is 2. The minimum Gasteiger partial charge on any atom is -0.507 e. The molecule has 508 valence electrons. The molecule has 0 fully saturated rings. The summed E-state index contributed by atoms with van der Waals surface area (Å²) in [6, 6.07) is 29.5. The minimum absolute atomic E-state index is 0.0252. The van der Waals surface area contributed by atoms with Crippen molar-refractivity contribution in [2.24, 2.45) is 0 Å². The van der Waals surface area contributed by atoms with Crippen LogP contribution in [-0.4, -0.2) is 67.0 Å². The first-order valence-corrected chi connectivity index (χ1v) is 33.3. The molecule has 0 radical (unpaired) electrons. The summed E-state index contributed by atoms with van der Waals surface area (Å²) >= 11 is 0. The summed E-state index contributed by atoms with van der Waals surface area (Å²) in [4.78, 5) is 27.4. The summed E-state index contributed by atoms with van der Waals surface area (Å²) in [5, 5.41) is 101. The maximum absolute atomic E-state index is 13.7. The number of carbonyl (C=O) groups is 2. The van der Waals surface area contributed by atoms with Crippen LogP contribution in [0.15, 0.2) is 97.1 Å². The highest BCUT2D eigenvalue weighted by molar-refractivity contribution is 5.91. The molecule has 0 spiro atoms. The van der Waals surface area contributed by atoms with Gasteiger partial charge in [-0.1, -0.05) is 197 Å². The molecule has 0 heterocycles. The molecule has 12 heteroatoms. The van der Waals surface area contributed by atoms with Crippen molar-refractivity contribution in [3.05, 3.63) is 231 Å².